The molecule has 1 saturated heterocycles. The number of nitrogens with zero attached hydrogens (tertiary/aromatic N) is 2. The zero-order valence-corrected chi connectivity index (χ0v) is 16.9. The highest BCUT2D eigenvalue weighted by molar-refractivity contribution is 7.10. The van der Waals surface area contributed by atoms with Gasteiger partial charge >= 0.3 is 0 Å². The minimum atomic E-state index is -0.0122. The maximum atomic E-state index is 13.0. The molecule has 6 heteroatoms. The van der Waals surface area contributed by atoms with E-state index in [1.54, 1.807) is 35.9 Å². The summed E-state index contributed by atoms with van der Waals surface area (Å²) in [6.07, 6.45) is 9.63. The Morgan fingerprint density at radius 3 is 2.54 bits per heavy atom. The highest BCUT2D eigenvalue weighted by Gasteiger charge is 2.32. The van der Waals surface area contributed by atoms with Crippen LogP contribution in [0.25, 0.3) is 0 Å². The third kappa shape index (κ3) is 4.27. The molecular formula is C22H27N3O2S. The van der Waals surface area contributed by atoms with Crippen LogP contribution in [-0.4, -0.2) is 34.8 Å². The van der Waals surface area contributed by atoms with Gasteiger partial charge in [0.05, 0.1) is 11.6 Å². The molecule has 1 unspecified atom stereocenters. The lowest BCUT2D eigenvalue weighted by Gasteiger charge is -2.33. The van der Waals surface area contributed by atoms with E-state index < -0.39 is 0 Å². The van der Waals surface area contributed by atoms with E-state index >= 15 is 0 Å². The fourth-order valence-corrected chi connectivity index (χ4v) is 5.34. The minimum absolute atomic E-state index is 0.00868. The summed E-state index contributed by atoms with van der Waals surface area (Å²) in [6.45, 7) is 1.25. The second-order valence-electron chi connectivity index (χ2n) is 7.85. The average Bonchev–Trinajstić information content (AvgIpc) is 3.46. The quantitative estimate of drug-likeness (QED) is 0.828. The van der Waals surface area contributed by atoms with Crippen LogP contribution in [0.1, 0.15) is 59.8 Å². The molecule has 0 radical (unpaired) electrons. The van der Waals surface area contributed by atoms with Crippen molar-refractivity contribution in [3.8, 4) is 0 Å². The number of rotatable bonds is 5. The standard InChI is InChI=1S/C22H27N3O2S/c26-21(24-20(16-5-1-2-6-16)19-8-4-14-28-19)17-9-12-25(13-10-17)22(27)18-7-3-11-23-15-18/h3-4,7-8,11,14-17,20H,1-2,5-6,9-10,12-13H2,(H,24,26). The summed E-state index contributed by atoms with van der Waals surface area (Å²) in [6, 6.07) is 7.92. The maximum Gasteiger partial charge on any atom is 0.255 e. The van der Waals surface area contributed by atoms with Crippen LogP contribution in [0.15, 0.2) is 42.0 Å². The van der Waals surface area contributed by atoms with Crippen LogP contribution in [0.5, 0.6) is 0 Å². The number of hydrogen-bond donors (Lipinski definition) is 1. The minimum Gasteiger partial charge on any atom is -0.348 e. The SMILES string of the molecule is O=C(NC(c1cccs1)C1CCCC1)C1CCN(C(=O)c2cccnc2)CC1. The number of nitrogens with one attached hydrogen (secondary N) is 1. The number of pyridine rings is 1. The number of likely N-dealkylation sites (tertiary alicyclic amines) is 1. The first-order chi connectivity index (χ1) is 13.7. The zero-order chi connectivity index (χ0) is 19.3. The maximum absolute atomic E-state index is 13.0. The first-order valence-electron chi connectivity index (χ1n) is 10.3. The van der Waals surface area contributed by atoms with Gasteiger partial charge in [0.25, 0.3) is 5.91 Å². The van der Waals surface area contributed by atoms with Crippen molar-refractivity contribution >= 4 is 23.2 Å². The van der Waals surface area contributed by atoms with Gasteiger partial charge in [-0.15, -0.1) is 11.3 Å². The number of amides is 2. The first kappa shape index (κ1) is 19.1. The second-order valence-corrected chi connectivity index (χ2v) is 8.83. The first-order valence-corrected chi connectivity index (χ1v) is 11.1. The van der Waals surface area contributed by atoms with Gasteiger partial charge in [0.15, 0.2) is 0 Å². The molecule has 0 bridgehead atoms. The van der Waals surface area contributed by atoms with Gasteiger partial charge in [-0.2, -0.15) is 0 Å². The Bertz CT molecular complexity index is 779. The normalized spacial score (nSPS) is 19.5. The Balaban J connectivity index is 1.35. The molecule has 1 aliphatic carbocycles. The fourth-order valence-electron chi connectivity index (χ4n) is 4.47. The molecule has 2 aromatic heterocycles. The lowest BCUT2D eigenvalue weighted by Crippen LogP contribution is -2.44. The highest BCUT2D eigenvalue weighted by atomic mass is 32.1. The Hall–Kier alpha value is -2.21. The number of carbonyl (C=O) groups is 2. The van der Waals surface area contributed by atoms with Crippen molar-refractivity contribution in [1.82, 2.24) is 15.2 Å². The van der Waals surface area contributed by atoms with E-state index in [0.717, 1.165) is 12.8 Å². The summed E-state index contributed by atoms with van der Waals surface area (Å²) in [5.74, 6) is 0.699. The molecule has 3 heterocycles. The van der Waals surface area contributed by atoms with Crippen LogP contribution >= 0.6 is 11.3 Å². The summed E-state index contributed by atoms with van der Waals surface area (Å²) in [4.78, 5) is 32.7. The predicted molar refractivity (Wildman–Crippen MR) is 110 cm³/mol. The molecular weight excluding hydrogens is 370 g/mol. The van der Waals surface area contributed by atoms with Crippen molar-refractivity contribution < 1.29 is 9.59 Å². The van der Waals surface area contributed by atoms with Crippen LogP contribution in [0, 0.1) is 11.8 Å². The summed E-state index contributed by atoms with van der Waals surface area (Å²) < 4.78 is 0. The van der Waals surface area contributed by atoms with Gasteiger partial charge in [0.1, 0.15) is 0 Å². The van der Waals surface area contributed by atoms with E-state index in [1.165, 1.54) is 30.6 Å². The molecule has 28 heavy (non-hydrogen) atoms. The molecule has 5 nitrogen and oxygen atoms in total. The molecule has 148 valence electrons. The average molecular weight is 398 g/mol. The monoisotopic (exact) mass is 397 g/mol. The lowest BCUT2D eigenvalue weighted by molar-refractivity contribution is -0.127. The van der Waals surface area contributed by atoms with Gasteiger partial charge in [-0.1, -0.05) is 18.9 Å². The van der Waals surface area contributed by atoms with Gasteiger partial charge in [-0.3, -0.25) is 14.6 Å². The van der Waals surface area contributed by atoms with Crippen LogP contribution in [0.3, 0.4) is 0 Å². The van der Waals surface area contributed by atoms with Crippen LogP contribution < -0.4 is 5.32 Å². The summed E-state index contributed by atoms with van der Waals surface area (Å²) >= 11 is 1.73. The van der Waals surface area contributed by atoms with Crippen molar-refractivity contribution in [2.75, 3.05) is 13.1 Å². The summed E-state index contributed by atoms with van der Waals surface area (Å²) in [5, 5.41) is 5.45. The molecule has 1 N–H and O–H groups in total. The highest BCUT2D eigenvalue weighted by Crippen LogP contribution is 2.37. The number of hydrogen-bond acceptors (Lipinski definition) is 4. The van der Waals surface area contributed by atoms with Crippen molar-refractivity contribution in [2.45, 2.75) is 44.6 Å². The largest absolute Gasteiger partial charge is 0.348 e. The Kier molecular flexibility index (Phi) is 6.05. The Morgan fingerprint density at radius 2 is 1.89 bits per heavy atom. The van der Waals surface area contributed by atoms with E-state index in [1.807, 2.05) is 4.90 Å². The van der Waals surface area contributed by atoms with E-state index in [-0.39, 0.29) is 23.8 Å². The Labute approximate surface area is 170 Å². The van der Waals surface area contributed by atoms with Crippen molar-refractivity contribution in [2.24, 2.45) is 11.8 Å². The van der Waals surface area contributed by atoms with Crippen LogP contribution in [-0.2, 0) is 4.79 Å². The summed E-state index contributed by atoms with van der Waals surface area (Å²) in [5.41, 5.74) is 0.615. The molecule has 2 aliphatic rings. The van der Waals surface area contributed by atoms with Crippen molar-refractivity contribution in [1.29, 1.82) is 0 Å². The molecule has 2 aromatic rings. The topological polar surface area (TPSA) is 62.3 Å². The number of aromatic nitrogens is 1. The molecule has 4 rings (SSSR count). The lowest BCUT2D eigenvalue weighted by atomic mass is 9.92. The van der Waals surface area contributed by atoms with E-state index in [2.05, 4.69) is 27.8 Å². The van der Waals surface area contributed by atoms with Crippen LogP contribution in [0.4, 0.5) is 0 Å². The molecule has 0 aromatic carbocycles. The third-order valence-electron chi connectivity index (χ3n) is 6.08. The predicted octanol–water partition coefficient (Wildman–Crippen LogP) is 4.04. The zero-order valence-electron chi connectivity index (χ0n) is 16.0. The molecule has 2 fully saturated rings. The molecule has 2 amide bonds. The van der Waals surface area contributed by atoms with Crippen molar-refractivity contribution in [3.05, 3.63) is 52.5 Å². The molecule has 0 spiro atoms. The van der Waals surface area contributed by atoms with Gasteiger partial charge < -0.3 is 10.2 Å². The number of carbonyl (C=O) groups excluding carboxylic acids is 2. The second kappa shape index (κ2) is 8.86. The van der Waals surface area contributed by atoms with E-state index in [0.29, 0.717) is 24.6 Å². The number of thiophene rings is 1. The molecule has 1 aliphatic heterocycles. The van der Waals surface area contributed by atoms with Gasteiger partial charge in [0, 0.05) is 36.3 Å². The van der Waals surface area contributed by atoms with Crippen molar-refractivity contribution in [3.63, 3.8) is 0 Å². The summed E-state index contributed by atoms with van der Waals surface area (Å²) in [7, 11) is 0. The Morgan fingerprint density at radius 1 is 1.11 bits per heavy atom. The number of piperidine rings is 1. The fraction of sp³-hybridized carbons (Fsp3) is 0.500. The van der Waals surface area contributed by atoms with Gasteiger partial charge in [-0.25, -0.2) is 0 Å². The smallest absolute Gasteiger partial charge is 0.255 e. The van der Waals surface area contributed by atoms with Gasteiger partial charge in [-0.05, 0) is 55.2 Å². The van der Waals surface area contributed by atoms with Gasteiger partial charge in [0.2, 0.25) is 5.91 Å². The molecule has 1 atom stereocenters. The molecule has 1 saturated carbocycles. The van der Waals surface area contributed by atoms with Crippen LogP contribution in [0.2, 0.25) is 0 Å². The van der Waals surface area contributed by atoms with E-state index in [4.69, 9.17) is 0 Å². The van der Waals surface area contributed by atoms with E-state index in [9.17, 15) is 9.59 Å². The third-order valence-corrected chi connectivity index (χ3v) is 7.04.